The molecule has 96 valence electrons. The number of rotatable bonds is 3. The normalized spacial score (nSPS) is 24.3. The topological polar surface area (TPSA) is 25.4 Å². The Morgan fingerprint density at radius 3 is 3.00 bits per heavy atom. The highest BCUT2D eigenvalue weighted by molar-refractivity contribution is 5.54. The third kappa shape index (κ3) is 2.35. The van der Waals surface area contributed by atoms with Crippen molar-refractivity contribution in [2.45, 2.75) is 32.8 Å². The first-order valence-electron chi connectivity index (χ1n) is 6.78. The molecule has 1 atom stereocenters. The summed E-state index contributed by atoms with van der Waals surface area (Å²) in [5.74, 6) is 1.75. The van der Waals surface area contributed by atoms with E-state index in [4.69, 9.17) is 4.74 Å². The molecule has 0 amide bonds. The van der Waals surface area contributed by atoms with E-state index in [1.54, 1.807) is 6.20 Å². The van der Waals surface area contributed by atoms with Crippen LogP contribution in [0, 0.1) is 5.92 Å². The fourth-order valence-electron chi connectivity index (χ4n) is 2.88. The molecule has 2 aliphatic rings. The maximum Gasteiger partial charge on any atom is 0.138 e. The molecule has 3 heteroatoms. The van der Waals surface area contributed by atoms with Gasteiger partial charge < -0.3 is 9.64 Å². The van der Waals surface area contributed by atoms with Crippen molar-refractivity contribution in [3.8, 4) is 5.75 Å². The Morgan fingerprint density at radius 1 is 1.44 bits per heavy atom. The van der Waals surface area contributed by atoms with E-state index in [-0.39, 0.29) is 6.10 Å². The van der Waals surface area contributed by atoms with Crippen LogP contribution in [0.3, 0.4) is 0 Å². The Hall–Kier alpha value is -1.51. The molecule has 0 spiro atoms. The van der Waals surface area contributed by atoms with E-state index in [2.05, 4.69) is 22.0 Å². The standard InChI is InChI=1S/C15H20N2O/c1-11(2)18-15-7-13(8-16-9-15)6-14-5-12-3-4-17(14)10-12/h6-9,11-12H,3-5,10H2,1-2H3/b14-6+. The molecule has 3 heterocycles. The van der Waals surface area contributed by atoms with Crippen molar-refractivity contribution in [1.82, 2.24) is 9.88 Å². The number of fused-ring (bicyclic) bond motifs is 2. The Morgan fingerprint density at radius 2 is 2.33 bits per heavy atom. The van der Waals surface area contributed by atoms with Crippen LogP contribution in [-0.4, -0.2) is 29.1 Å². The van der Waals surface area contributed by atoms with E-state index in [0.717, 1.165) is 17.2 Å². The predicted octanol–water partition coefficient (Wildman–Crippen LogP) is 2.94. The average Bonchev–Trinajstić information content (AvgIpc) is 2.90. The summed E-state index contributed by atoms with van der Waals surface area (Å²) in [5, 5.41) is 0. The lowest BCUT2D eigenvalue weighted by Crippen LogP contribution is -2.14. The molecule has 3 nitrogen and oxygen atoms in total. The zero-order valence-corrected chi connectivity index (χ0v) is 11.1. The van der Waals surface area contributed by atoms with Crippen LogP contribution in [0.2, 0.25) is 0 Å². The minimum absolute atomic E-state index is 0.195. The van der Waals surface area contributed by atoms with Gasteiger partial charge in [0.2, 0.25) is 0 Å². The minimum Gasteiger partial charge on any atom is -0.489 e. The Bertz CT molecular complexity index is 467. The molecule has 1 unspecified atom stereocenters. The zero-order chi connectivity index (χ0) is 12.5. The summed E-state index contributed by atoms with van der Waals surface area (Å²) in [6.07, 6.45) is 8.75. The molecular formula is C15H20N2O. The number of nitrogens with zero attached hydrogens (tertiary/aromatic N) is 2. The molecule has 0 aliphatic carbocycles. The first-order valence-corrected chi connectivity index (χ1v) is 6.78. The lowest BCUT2D eigenvalue weighted by molar-refractivity contribution is 0.241. The molecule has 0 aromatic carbocycles. The predicted molar refractivity (Wildman–Crippen MR) is 72.3 cm³/mol. The van der Waals surface area contributed by atoms with E-state index in [9.17, 15) is 0 Å². The average molecular weight is 244 g/mol. The van der Waals surface area contributed by atoms with E-state index < -0.39 is 0 Å². The molecule has 2 fully saturated rings. The van der Waals surface area contributed by atoms with Gasteiger partial charge in [-0.15, -0.1) is 0 Å². The number of hydrogen-bond acceptors (Lipinski definition) is 3. The molecule has 2 bridgehead atoms. The van der Waals surface area contributed by atoms with Crippen molar-refractivity contribution >= 4 is 6.08 Å². The highest BCUT2D eigenvalue weighted by Gasteiger charge is 2.32. The van der Waals surface area contributed by atoms with Gasteiger partial charge in [0, 0.05) is 25.0 Å². The summed E-state index contributed by atoms with van der Waals surface area (Å²) < 4.78 is 5.68. The summed E-state index contributed by atoms with van der Waals surface area (Å²) in [5.41, 5.74) is 2.62. The van der Waals surface area contributed by atoms with Crippen molar-refractivity contribution in [2.75, 3.05) is 13.1 Å². The van der Waals surface area contributed by atoms with E-state index in [1.807, 2.05) is 20.0 Å². The van der Waals surface area contributed by atoms with Crippen molar-refractivity contribution in [2.24, 2.45) is 5.92 Å². The van der Waals surface area contributed by atoms with Crippen molar-refractivity contribution in [3.05, 3.63) is 29.7 Å². The number of allylic oxidation sites excluding steroid dienone is 1. The number of ether oxygens (including phenoxy) is 1. The fraction of sp³-hybridized carbons (Fsp3) is 0.533. The van der Waals surface area contributed by atoms with E-state index in [1.165, 1.54) is 31.6 Å². The summed E-state index contributed by atoms with van der Waals surface area (Å²) >= 11 is 0. The first-order chi connectivity index (χ1) is 8.70. The lowest BCUT2D eigenvalue weighted by Gasteiger charge is -2.18. The van der Waals surface area contributed by atoms with Gasteiger partial charge in [-0.2, -0.15) is 0 Å². The van der Waals surface area contributed by atoms with E-state index in [0.29, 0.717) is 0 Å². The zero-order valence-electron chi connectivity index (χ0n) is 11.1. The van der Waals surface area contributed by atoms with Crippen LogP contribution in [0.25, 0.3) is 6.08 Å². The van der Waals surface area contributed by atoms with Gasteiger partial charge >= 0.3 is 0 Å². The Labute approximate surface area is 108 Å². The minimum atomic E-state index is 0.195. The first kappa shape index (κ1) is 11.6. The van der Waals surface area contributed by atoms with Gasteiger partial charge in [0.15, 0.2) is 0 Å². The monoisotopic (exact) mass is 244 g/mol. The molecule has 18 heavy (non-hydrogen) atoms. The fourth-order valence-corrected chi connectivity index (χ4v) is 2.88. The lowest BCUT2D eigenvalue weighted by atomic mass is 10.0. The van der Waals surface area contributed by atoms with Crippen LogP contribution in [0.1, 0.15) is 32.3 Å². The number of piperidine rings is 1. The molecule has 0 radical (unpaired) electrons. The van der Waals surface area contributed by atoms with Crippen LogP contribution in [-0.2, 0) is 0 Å². The second kappa shape index (κ2) is 4.63. The molecule has 1 aromatic heterocycles. The highest BCUT2D eigenvalue weighted by Crippen LogP contribution is 2.36. The SMILES string of the molecule is CC(C)Oc1cncc(/C=C2\CC3CCN2C3)c1. The van der Waals surface area contributed by atoms with Gasteiger partial charge in [-0.1, -0.05) is 0 Å². The van der Waals surface area contributed by atoms with E-state index >= 15 is 0 Å². The van der Waals surface area contributed by atoms with Gasteiger partial charge in [0.1, 0.15) is 5.75 Å². The summed E-state index contributed by atoms with van der Waals surface area (Å²) in [7, 11) is 0. The Kier molecular flexibility index (Phi) is 2.98. The maximum absolute atomic E-state index is 5.68. The third-order valence-corrected chi connectivity index (χ3v) is 3.63. The molecule has 0 N–H and O–H groups in total. The molecule has 0 saturated carbocycles. The van der Waals surface area contributed by atoms with Gasteiger partial charge in [0.05, 0.1) is 12.3 Å². The smallest absolute Gasteiger partial charge is 0.138 e. The van der Waals surface area contributed by atoms with Crippen LogP contribution < -0.4 is 4.74 Å². The largest absolute Gasteiger partial charge is 0.489 e. The summed E-state index contributed by atoms with van der Waals surface area (Å²) in [6.45, 7) is 6.55. The van der Waals surface area contributed by atoms with Crippen molar-refractivity contribution in [1.29, 1.82) is 0 Å². The number of pyridine rings is 1. The maximum atomic E-state index is 5.68. The second-order valence-corrected chi connectivity index (χ2v) is 5.56. The molecule has 3 rings (SSSR count). The van der Waals surface area contributed by atoms with Gasteiger partial charge in [-0.05, 0) is 50.3 Å². The molecule has 1 aromatic rings. The van der Waals surface area contributed by atoms with Crippen molar-refractivity contribution in [3.63, 3.8) is 0 Å². The quantitative estimate of drug-likeness (QED) is 0.817. The van der Waals surface area contributed by atoms with Gasteiger partial charge in [-0.3, -0.25) is 4.98 Å². The molecule has 2 aliphatic heterocycles. The van der Waals surface area contributed by atoms with Gasteiger partial charge in [-0.25, -0.2) is 0 Å². The summed E-state index contributed by atoms with van der Waals surface area (Å²) in [4.78, 5) is 6.75. The third-order valence-electron chi connectivity index (χ3n) is 3.63. The van der Waals surface area contributed by atoms with Crippen LogP contribution in [0.15, 0.2) is 24.2 Å². The second-order valence-electron chi connectivity index (χ2n) is 5.56. The highest BCUT2D eigenvalue weighted by atomic mass is 16.5. The number of hydrogen-bond donors (Lipinski definition) is 0. The van der Waals surface area contributed by atoms with Crippen LogP contribution >= 0.6 is 0 Å². The Balaban J connectivity index is 1.78. The van der Waals surface area contributed by atoms with Crippen LogP contribution in [0.5, 0.6) is 5.75 Å². The molecule has 2 saturated heterocycles. The van der Waals surface area contributed by atoms with Crippen LogP contribution in [0.4, 0.5) is 0 Å². The van der Waals surface area contributed by atoms with Gasteiger partial charge in [0.25, 0.3) is 0 Å². The summed E-state index contributed by atoms with van der Waals surface area (Å²) in [6, 6.07) is 2.08. The van der Waals surface area contributed by atoms with Crippen molar-refractivity contribution < 1.29 is 4.74 Å². The number of aromatic nitrogens is 1. The molecular weight excluding hydrogens is 224 g/mol.